The lowest BCUT2D eigenvalue weighted by atomic mass is 9.97. The van der Waals surface area contributed by atoms with Crippen LogP contribution < -0.4 is 5.32 Å². The summed E-state index contributed by atoms with van der Waals surface area (Å²) in [5, 5.41) is 11.0. The van der Waals surface area contributed by atoms with Crippen molar-refractivity contribution in [3.63, 3.8) is 0 Å². The van der Waals surface area contributed by atoms with Gasteiger partial charge in [-0.2, -0.15) is 23.4 Å². The summed E-state index contributed by atoms with van der Waals surface area (Å²) in [5.41, 5.74) is 1.45. The molecule has 0 amide bonds. The summed E-state index contributed by atoms with van der Waals surface area (Å²) >= 11 is 0. The molecule has 10 heteroatoms. The summed E-state index contributed by atoms with van der Waals surface area (Å²) in [6.07, 6.45) is -2.05. The highest BCUT2D eigenvalue weighted by Crippen LogP contribution is 2.44. The molecule has 0 unspecified atom stereocenters. The van der Waals surface area contributed by atoms with Crippen LogP contribution >= 0.6 is 0 Å². The van der Waals surface area contributed by atoms with E-state index in [2.05, 4.69) is 15.5 Å². The Labute approximate surface area is 148 Å². The van der Waals surface area contributed by atoms with Crippen LogP contribution in [0.15, 0.2) is 12.4 Å². The van der Waals surface area contributed by atoms with Gasteiger partial charge < -0.3 is 10.1 Å². The number of aryl methyl sites for hydroxylation is 1. The van der Waals surface area contributed by atoms with Gasteiger partial charge in [-0.3, -0.25) is 4.68 Å². The normalized spacial score (nSPS) is 19.8. The first-order valence-corrected chi connectivity index (χ1v) is 8.38. The predicted octanol–water partition coefficient (Wildman–Crippen LogP) is 3.24. The van der Waals surface area contributed by atoms with Gasteiger partial charge in [-0.15, -0.1) is 0 Å². The number of anilines is 1. The van der Waals surface area contributed by atoms with Crippen molar-refractivity contribution in [1.29, 1.82) is 0 Å². The van der Waals surface area contributed by atoms with Gasteiger partial charge in [-0.25, -0.2) is 9.48 Å². The second kappa shape index (κ2) is 6.65. The van der Waals surface area contributed by atoms with Crippen LogP contribution in [-0.4, -0.2) is 38.3 Å². The number of hydrogen-bond donors (Lipinski definition) is 1. The fraction of sp³-hybridized carbons (Fsp3) is 0.562. The molecule has 0 aromatic carbocycles. The summed E-state index contributed by atoms with van der Waals surface area (Å²) in [4.78, 5) is 12.1. The standard InChI is InChI=1S/C16H20F3N5O2/c1-4-23-9(3)10(7-20-23)12-6-13(16(17,18)19)24-14(22-12)11(8-21-24)15(25)26-5-2/h7-8,12-13,22H,4-6H2,1-3H3/t12-,13-/m0/s1. The Morgan fingerprint density at radius 2 is 2.08 bits per heavy atom. The highest BCUT2D eigenvalue weighted by Gasteiger charge is 2.47. The van der Waals surface area contributed by atoms with Gasteiger partial charge in [0.25, 0.3) is 0 Å². The number of nitrogens with one attached hydrogen (secondary N) is 1. The molecule has 7 nitrogen and oxygen atoms in total. The van der Waals surface area contributed by atoms with Crippen LogP contribution in [0.1, 0.15) is 54.0 Å². The van der Waals surface area contributed by atoms with Crippen LogP contribution in [-0.2, 0) is 11.3 Å². The average molecular weight is 371 g/mol. The Hall–Kier alpha value is -2.52. The van der Waals surface area contributed by atoms with Crippen LogP contribution in [0.2, 0.25) is 0 Å². The number of alkyl halides is 3. The van der Waals surface area contributed by atoms with Gasteiger partial charge in [0.15, 0.2) is 6.04 Å². The van der Waals surface area contributed by atoms with Crippen LogP contribution in [0, 0.1) is 6.92 Å². The maximum atomic E-state index is 13.6. The van der Waals surface area contributed by atoms with Gasteiger partial charge in [-0.05, 0) is 20.8 Å². The topological polar surface area (TPSA) is 74.0 Å². The van der Waals surface area contributed by atoms with Crippen molar-refractivity contribution in [3.05, 3.63) is 29.2 Å². The number of rotatable bonds is 4. The van der Waals surface area contributed by atoms with Gasteiger partial charge >= 0.3 is 12.1 Å². The first kappa shape index (κ1) is 18.3. The molecule has 1 N–H and O–H groups in total. The molecule has 142 valence electrons. The van der Waals surface area contributed by atoms with Crippen molar-refractivity contribution >= 4 is 11.8 Å². The van der Waals surface area contributed by atoms with E-state index in [1.54, 1.807) is 17.8 Å². The van der Waals surface area contributed by atoms with Crippen LogP contribution in [0.4, 0.5) is 19.0 Å². The molecule has 2 atom stereocenters. The quantitative estimate of drug-likeness (QED) is 0.836. The van der Waals surface area contributed by atoms with E-state index in [0.29, 0.717) is 12.1 Å². The zero-order valence-electron chi connectivity index (χ0n) is 14.7. The van der Waals surface area contributed by atoms with Crippen LogP contribution in [0.25, 0.3) is 0 Å². The summed E-state index contributed by atoms with van der Waals surface area (Å²) < 4.78 is 48.3. The number of aromatic nitrogens is 4. The molecule has 26 heavy (non-hydrogen) atoms. The number of hydrogen-bond acceptors (Lipinski definition) is 5. The molecule has 0 radical (unpaired) electrons. The molecule has 1 aliphatic rings. The third-order valence-corrected chi connectivity index (χ3v) is 4.55. The van der Waals surface area contributed by atoms with E-state index in [9.17, 15) is 18.0 Å². The van der Waals surface area contributed by atoms with Crippen molar-refractivity contribution in [3.8, 4) is 0 Å². The van der Waals surface area contributed by atoms with Gasteiger partial charge in [0.1, 0.15) is 11.4 Å². The number of esters is 1. The average Bonchev–Trinajstić information content (AvgIpc) is 3.16. The third kappa shape index (κ3) is 3.04. The first-order valence-electron chi connectivity index (χ1n) is 8.38. The van der Waals surface area contributed by atoms with Crippen molar-refractivity contribution in [1.82, 2.24) is 19.6 Å². The first-order chi connectivity index (χ1) is 12.3. The predicted molar refractivity (Wildman–Crippen MR) is 86.9 cm³/mol. The van der Waals surface area contributed by atoms with E-state index in [0.717, 1.165) is 16.6 Å². The summed E-state index contributed by atoms with van der Waals surface area (Å²) in [7, 11) is 0. The largest absolute Gasteiger partial charge is 0.462 e. The van der Waals surface area contributed by atoms with Crippen molar-refractivity contribution in [2.75, 3.05) is 11.9 Å². The third-order valence-electron chi connectivity index (χ3n) is 4.55. The van der Waals surface area contributed by atoms with Crippen molar-refractivity contribution < 1.29 is 22.7 Å². The maximum Gasteiger partial charge on any atom is 0.410 e. The highest BCUT2D eigenvalue weighted by atomic mass is 19.4. The Balaban J connectivity index is 2.04. The summed E-state index contributed by atoms with van der Waals surface area (Å²) in [5.74, 6) is -0.686. The zero-order valence-corrected chi connectivity index (χ0v) is 14.7. The van der Waals surface area contributed by atoms with Crippen LogP contribution in [0.3, 0.4) is 0 Å². The van der Waals surface area contributed by atoms with Gasteiger partial charge in [0.2, 0.25) is 0 Å². The van der Waals surface area contributed by atoms with Crippen molar-refractivity contribution in [2.45, 2.75) is 52.0 Å². The summed E-state index contributed by atoms with van der Waals surface area (Å²) in [6.45, 7) is 6.09. The van der Waals surface area contributed by atoms with Gasteiger partial charge in [-0.1, -0.05) is 0 Å². The van der Waals surface area contributed by atoms with E-state index in [1.807, 2.05) is 13.8 Å². The minimum absolute atomic E-state index is 0.00802. The van der Waals surface area contributed by atoms with Crippen molar-refractivity contribution in [2.24, 2.45) is 0 Å². The number of ether oxygens (including phenoxy) is 1. The Kier molecular flexibility index (Phi) is 4.68. The van der Waals surface area contributed by atoms with Crippen LogP contribution in [0.5, 0.6) is 0 Å². The summed E-state index contributed by atoms with van der Waals surface area (Å²) in [6, 6.07) is -2.48. The number of carbonyl (C=O) groups is 1. The molecule has 3 heterocycles. The molecular weight excluding hydrogens is 351 g/mol. The lowest BCUT2D eigenvalue weighted by Gasteiger charge is -2.33. The molecule has 1 aliphatic heterocycles. The van der Waals surface area contributed by atoms with Gasteiger partial charge in [0, 0.05) is 24.2 Å². The molecule has 2 aromatic rings. The SMILES string of the molecule is CCOC(=O)c1cnn2c1N[C@H](c1cnn(CC)c1C)C[C@H]2C(F)(F)F. The second-order valence-corrected chi connectivity index (χ2v) is 6.06. The molecule has 0 saturated heterocycles. The molecule has 0 spiro atoms. The lowest BCUT2D eigenvalue weighted by Crippen LogP contribution is -2.36. The Bertz CT molecular complexity index is 811. The molecular formula is C16H20F3N5O2. The fourth-order valence-corrected chi connectivity index (χ4v) is 3.25. The monoisotopic (exact) mass is 371 g/mol. The molecule has 0 aliphatic carbocycles. The highest BCUT2D eigenvalue weighted by molar-refractivity contribution is 5.94. The van der Waals surface area contributed by atoms with E-state index in [1.165, 1.54) is 0 Å². The minimum Gasteiger partial charge on any atom is -0.462 e. The molecule has 3 rings (SSSR count). The fourth-order valence-electron chi connectivity index (χ4n) is 3.25. The number of nitrogens with zero attached hydrogens (tertiary/aromatic N) is 4. The lowest BCUT2D eigenvalue weighted by molar-refractivity contribution is -0.173. The van der Waals surface area contributed by atoms with Gasteiger partial charge in [0.05, 0.1) is 25.0 Å². The zero-order chi connectivity index (χ0) is 19.1. The Morgan fingerprint density at radius 3 is 2.65 bits per heavy atom. The molecule has 2 aromatic heterocycles. The van der Waals surface area contributed by atoms with E-state index in [4.69, 9.17) is 4.74 Å². The van der Waals surface area contributed by atoms with E-state index >= 15 is 0 Å². The maximum absolute atomic E-state index is 13.6. The number of halogens is 3. The molecule has 0 bridgehead atoms. The Morgan fingerprint density at radius 1 is 1.35 bits per heavy atom. The number of fused-ring (bicyclic) bond motifs is 1. The minimum atomic E-state index is -4.50. The van der Waals surface area contributed by atoms with E-state index < -0.39 is 24.2 Å². The number of carbonyl (C=O) groups excluding carboxylic acids is 1. The molecule has 0 saturated carbocycles. The van der Waals surface area contributed by atoms with E-state index in [-0.39, 0.29) is 24.4 Å². The smallest absolute Gasteiger partial charge is 0.410 e. The molecule has 0 fully saturated rings. The second-order valence-electron chi connectivity index (χ2n) is 6.06.